The van der Waals surface area contributed by atoms with Crippen LogP contribution in [0.25, 0.3) is 0 Å². The molecule has 32 heavy (non-hydrogen) atoms. The Labute approximate surface area is 188 Å². The molecule has 2 atom stereocenters. The van der Waals surface area contributed by atoms with Crippen LogP contribution < -0.4 is 21.4 Å². The topological polar surface area (TPSA) is 102 Å². The van der Waals surface area contributed by atoms with Crippen LogP contribution in [0.5, 0.6) is 0 Å². The molecule has 0 saturated carbocycles. The van der Waals surface area contributed by atoms with Crippen molar-refractivity contribution in [3.8, 4) is 23.7 Å². The molecule has 2 amide bonds. The Hall–Kier alpha value is -3.28. The molecule has 168 valence electrons. The zero-order valence-corrected chi connectivity index (χ0v) is 18.1. The zero-order valence-electron chi connectivity index (χ0n) is 17.3. The third-order valence-corrected chi connectivity index (χ3v) is 5.17. The molecule has 1 aromatic carbocycles. The van der Waals surface area contributed by atoms with Gasteiger partial charge in [0.2, 0.25) is 0 Å². The van der Waals surface area contributed by atoms with Gasteiger partial charge in [-0.1, -0.05) is 11.8 Å². The lowest BCUT2D eigenvalue weighted by Gasteiger charge is -2.36. The van der Waals surface area contributed by atoms with E-state index in [1.807, 2.05) is 16.8 Å². The van der Waals surface area contributed by atoms with E-state index in [-0.39, 0.29) is 12.2 Å². The predicted molar refractivity (Wildman–Crippen MR) is 117 cm³/mol. The molecule has 10 heteroatoms. The van der Waals surface area contributed by atoms with E-state index in [1.165, 1.54) is 36.0 Å². The Morgan fingerprint density at radius 3 is 2.31 bits per heavy atom. The van der Waals surface area contributed by atoms with Crippen molar-refractivity contribution in [3.63, 3.8) is 0 Å². The monoisotopic (exact) mass is 460 g/mol. The Morgan fingerprint density at radius 1 is 1.12 bits per heavy atom. The lowest BCUT2D eigenvalue weighted by atomic mass is 9.91. The van der Waals surface area contributed by atoms with Crippen LogP contribution in [0.1, 0.15) is 28.4 Å². The second-order valence-electron chi connectivity index (χ2n) is 6.76. The second kappa shape index (κ2) is 11.9. The van der Waals surface area contributed by atoms with Gasteiger partial charge in [-0.05, 0) is 61.5 Å². The summed E-state index contributed by atoms with van der Waals surface area (Å²) >= 11 is 1.54. The second-order valence-corrected chi connectivity index (χ2v) is 7.54. The maximum absolute atomic E-state index is 13.8. The number of hydroxylamine groups is 1. The molecule has 1 heterocycles. The van der Waals surface area contributed by atoms with Crippen molar-refractivity contribution >= 4 is 23.2 Å². The molecule has 0 spiro atoms. The van der Waals surface area contributed by atoms with E-state index < -0.39 is 29.8 Å². The first-order valence-electron chi connectivity index (χ1n) is 9.38. The largest absolute Gasteiger partial charge is 0.338 e. The van der Waals surface area contributed by atoms with Gasteiger partial charge in [-0.3, -0.25) is 20.1 Å². The van der Waals surface area contributed by atoms with E-state index in [9.17, 15) is 18.4 Å². The van der Waals surface area contributed by atoms with E-state index in [4.69, 9.17) is 5.21 Å². The number of hydrogen-bond acceptors (Lipinski definition) is 6. The minimum atomic E-state index is -3.04. The van der Waals surface area contributed by atoms with Gasteiger partial charge in [-0.15, -0.1) is 0 Å². The molecule has 0 aliphatic carbocycles. The molecule has 0 saturated heterocycles. The molecule has 0 aliphatic heterocycles. The van der Waals surface area contributed by atoms with Gasteiger partial charge >= 0.3 is 0 Å². The van der Waals surface area contributed by atoms with E-state index in [2.05, 4.69) is 39.6 Å². The summed E-state index contributed by atoms with van der Waals surface area (Å²) < 4.78 is 27.5. The number of benzene rings is 1. The highest BCUT2D eigenvalue weighted by atomic mass is 32.1. The summed E-state index contributed by atoms with van der Waals surface area (Å²) in [6.45, 7) is 1.01. The highest BCUT2D eigenvalue weighted by Crippen LogP contribution is 2.21. The van der Waals surface area contributed by atoms with Crippen LogP contribution in [0, 0.1) is 23.7 Å². The quantitative estimate of drug-likeness (QED) is 0.178. The maximum Gasteiger partial charge on any atom is 0.268 e. The minimum Gasteiger partial charge on any atom is -0.338 e. The lowest BCUT2D eigenvalue weighted by Crippen LogP contribution is -2.68. The highest BCUT2D eigenvalue weighted by molar-refractivity contribution is 7.08. The van der Waals surface area contributed by atoms with Crippen LogP contribution in [0.2, 0.25) is 0 Å². The summed E-state index contributed by atoms with van der Waals surface area (Å²) in [5.41, 5.74) is 0.769. The van der Waals surface area contributed by atoms with Crippen molar-refractivity contribution in [2.75, 3.05) is 13.7 Å². The average molecular weight is 461 g/mol. The molecule has 1 aromatic heterocycles. The van der Waals surface area contributed by atoms with Gasteiger partial charge < -0.3 is 10.6 Å². The van der Waals surface area contributed by atoms with Gasteiger partial charge in [-0.2, -0.15) is 11.3 Å². The molecule has 5 N–H and O–H groups in total. The molecule has 0 aliphatic rings. The molecule has 1 unspecified atom stereocenters. The van der Waals surface area contributed by atoms with Crippen molar-refractivity contribution < 1.29 is 23.6 Å². The van der Waals surface area contributed by atoms with Gasteiger partial charge in [0.05, 0.1) is 0 Å². The van der Waals surface area contributed by atoms with Gasteiger partial charge in [-0.25, -0.2) is 14.3 Å². The van der Waals surface area contributed by atoms with Crippen LogP contribution in [-0.2, 0) is 4.79 Å². The standard InChI is InChI=1S/C22H22F2N4O3S/c1-22(21(23)24,26-14-25-2)18(20(30)28-31)27-19(29)17-9-7-15(8-10-17)5-3-4-6-16-11-12-32-13-16/h7-13,18,21,25-26,31H,14H2,1-2H3,(H,27,29)(H,28,30)/t18-,22?/m1/s1. The molecule has 7 nitrogen and oxygen atoms in total. The average Bonchev–Trinajstić information content (AvgIpc) is 3.32. The predicted octanol–water partition coefficient (Wildman–Crippen LogP) is 1.55. The number of amides is 2. The summed E-state index contributed by atoms with van der Waals surface area (Å²) in [7, 11) is 1.52. The van der Waals surface area contributed by atoms with Gasteiger partial charge in [0.1, 0.15) is 11.6 Å². The van der Waals surface area contributed by atoms with E-state index in [0.29, 0.717) is 5.56 Å². The fraction of sp³-hybridized carbons (Fsp3) is 0.273. The SMILES string of the molecule is CNCNC(C)(C(F)F)[C@H](NC(=O)c1ccc(C#CC#Cc2ccsc2)cc1)C(=O)NO. The summed E-state index contributed by atoms with van der Waals surface area (Å²) in [6, 6.07) is 6.15. The third kappa shape index (κ3) is 6.61. The first-order chi connectivity index (χ1) is 15.3. The summed E-state index contributed by atoms with van der Waals surface area (Å²) in [5, 5.41) is 20.2. The number of carbonyl (C=O) groups excluding carboxylic acids is 2. The van der Waals surface area contributed by atoms with Crippen LogP contribution in [0.15, 0.2) is 41.1 Å². The number of halogens is 2. The number of nitrogens with one attached hydrogen (secondary N) is 4. The zero-order chi connectivity index (χ0) is 23.6. The fourth-order valence-corrected chi connectivity index (χ4v) is 3.19. The van der Waals surface area contributed by atoms with Crippen molar-refractivity contribution in [1.82, 2.24) is 21.4 Å². The molecular weight excluding hydrogens is 438 g/mol. The van der Waals surface area contributed by atoms with Crippen molar-refractivity contribution in [2.45, 2.75) is 24.9 Å². The minimum absolute atomic E-state index is 0.0609. The molecule has 2 rings (SSSR count). The fourth-order valence-electron chi connectivity index (χ4n) is 2.60. The summed E-state index contributed by atoms with van der Waals surface area (Å²) in [6.07, 6.45) is -3.04. The summed E-state index contributed by atoms with van der Waals surface area (Å²) in [4.78, 5) is 24.7. The number of thiophene rings is 1. The first-order valence-corrected chi connectivity index (χ1v) is 10.3. The number of hydrogen-bond donors (Lipinski definition) is 5. The normalized spacial score (nSPS) is 13.1. The Balaban J connectivity index is 2.15. The highest BCUT2D eigenvalue weighted by Gasteiger charge is 2.47. The van der Waals surface area contributed by atoms with Crippen LogP contribution in [0.4, 0.5) is 8.78 Å². The van der Waals surface area contributed by atoms with Crippen LogP contribution in [-0.4, -0.2) is 48.7 Å². The Bertz CT molecular complexity index is 1040. The van der Waals surface area contributed by atoms with Crippen LogP contribution in [0.3, 0.4) is 0 Å². The molecule has 0 radical (unpaired) electrons. The van der Waals surface area contributed by atoms with E-state index >= 15 is 0 Å². The number of carbonyl (C=O) groups is 2. The van der Waals surface area contributed by atoms with Crippen LogP contribution >= 0.6 is 11.3 Å². The molecular formula is C22H22F2N4O3S. The van der Waals surface area contributed by atoms with Gasteiger partial charge in [0.25, 0.3) is 18.2 Å². The summed E-state index contributed by atoms with van der Waals surface area (Å²) in [5.74, 6) is 9.22. The first kappa shape index (κ1) is 25.0. The third-order valence-electron chi connectivity index (χ3n) is 4.49. The molecule has 2 aromatic rings. The Morgan fingerprint density at radius 2 is 1.78 bits per heavy atom. The van der Waals surface area contributed by atoms with E-state index in [0.717, 1.165) is 12.5 Å². The van der Waals surface area contributed by atoms with Crippen molar-refractivity contribution in [2.24, 2.45) is 0 Å². The van der Waals surface area contributed by atoms with Crippen molar-refractivity contribution in [1.29, 1.82) is 0 Å². The van der Waals surface area contributed by atoms with Gasteiger partial charge in [0.15, 0.2) is 0 Å². The smallest absolute Gasteiger partial charge is 0.268 e. The number of alkyl halides is 2. The van der Waals surface area contributed by atoms with Crippen molar-refractivity contribution in [3.05, 3.63) is 57.8 Å². The molecule has 0 fully saturated rings. The lowest BCUT2D eigenvalue weighted by molar-refractivity contribution is -0.135. The van der Waals surface area contributed by atoms with E-state index in [1.54, 1.807) is 12.1 Å². The van der Waals surface area contributed by atoms with Gasteiger partial charge in [0, 0.05) is 28.7 Å². The molecule has 0 bridgehead atoms. The number of rotatable bonds is 8. The Kier molecular flexibility index (Phi) is 9.32. The maximum atomic E-state index is 13.8.